The van der Waals surface area contributed by atoms with E-state index in [1.165, 1.54) is 6.20 Å². The number of methoxy groups -OCH3 is 1. The minimum atomic E-state index is -0.396. The molecule has 96 valence electrons. The molecular weight excluding hydrogens is 236 g/mol. The highest BCUT2D eigenvalue weighted by molar-refractivity contribution is 6.20. The molecule has 0 atom stereocenters. The number of ether oxygens (including phenoxy) is 1. The number of carbonyl (C=O) groups excluding carboxylic acids is 2. The molecule has 18 heavy (non-hydrogen) atoms. The summed E-state index contributed by atoms with van der Waals surface area (Å²) in [6.07, 6.45) is 1.90. The van der Waals surface area contributed by atoms with Gasteiger partial charge in [0.1, 0.15) is 5.69 Å². The van der Waals surface area contributed by atoms with Crippen LogP contribution < -0.4 is 0 Å². The number of aliphatic hydroxyl groups is 1. The lowest BCUT2D eigenvalue weighted by molar-refractivity contribution is 0.0643. The standard InChI is InChI=1S/C12H14N2O4/c1-18-7-8-5-9-10(13-6-8)12(17)14(11(9)16)3-2-4-15/h5-6,15H,2-4,7H2,1H3. The first-order valence-corrected chi connectivity index (χ1v) is 5.64. The van der Waals surface area contributed by atoms with Gasteiger partial charge in [0.05, 0.1) is 12.2 Å². The van der Waals surface area contributed by atoms with E-state index in [1.54, 1.807) is 13.2 Å². The third kappa shape index (κ3) is 2.12. The number of carbonyl (C=O) groups is 2. The predicted molar refractivity (Wildman–Crippen MR) is 62.0 cm³/mol. The van der Waals surface area contributed by atoms with Crippen molar-refractivity contribution in [3.05, 3.63) is 29.1 Å². The number of pyridine rings is 1. The van der Waals surface area contributed by atoms with Crippen molar-refractivity contribution in [1.82, 2.24) is 9.88 Å². The molecule has 0 saturated heterocycles. The fourth-order valence-corrected chi connectivity index (χ4v) is 1.88. The third-order valence-electron chi connectivity index (χ3n) is 2.72. The zero-order chi connectivity index (χ0) is 13.1. The molecule has 0 fully saturated rings. The fraction of sp³-hybridized carbons (Fsp3) is 0.417. The molecule has 0 aromatic carbocycles. The Kier molecular flexibility index (Phi) is 3.69. The second-order valence-corrected chi connectivity index (χ2v) is 4.01. The molecule has 0 unspecified atom stereocenters. The molecule has 1 aliphatic rings. The lowest BCUT2D eigenvalue weighted by Crippen LogP contribution is -2.31. The van der Waals surface area contributed by atoms with Crippen LogP contribution in [-0.4, -0.2) is 47.1 Å². The van der Waals surface area contributed by atoms with Crippen molar-refractivity contribution in [2.75, 3.05) is 20.3 Å². The van der Waals surface area contributed by atoms with Crippen molar-refractivity contribution in [1.29, 1.82) is 0 Å². The monoisotopic (exact) mass is 250 g/mol. The molecule has 0 spiro atoms. The molecule has 0 bridgehead atoms. The Morgan fingerprint density at radius 2 is 2.17 bits per heavy atom. The van der Waals surface area contributed by atoms with Gasteiger partial charge in [-0.2, -0.15) is 0 Å². The van der Waals surface area contributed by atoms with Gasteiger partial charge in [0, 0.05) is 26.5 Å². The van der Waals surface area contributed by atoms with Crippen molar-refractivity contribution < 1.29 is 19.4 Å². The molecule has 6 heteroatoms. The molecule has 0 radical (unpaired) electrons. The Morgan fingerprint density at radius 3 is 2.83 bits per heavy atom. The molecule has 2 heterocycles. The van der Waals surface area contributed by atoms with Gasteiger partial charge in [-0.05, 0) is 18.1 Å². The first-order valence-electron chi connectivity index (χ1n) is 5.64. The van der Waals surface area contributed by atoms with Gasteiger partial charge in [-0.15, -0.1) is 0 Å². The van der Waals surface area contributed by atoms with Crippen LogP contribution >= 0.6 is 0 Å². The maximum Gasteiger partial charge on any atom is 0.280 e. The normalized spacial score (nSPS) is 14.2. The van der Waals surface area contributed by atoms with E-state index in [2.05, 4.69) is 4.98 Å². The first kappa shape index (κ1) is 12.7. The van der Waals surface area contributed by atoms with Crippen LogP contribution in [0.1, 0.15) is 32.8 Å². The smallest absolute Gasteiger partial charge is 0.280 e. The SMILES string of the molecule is COCc1cnc2c(c1)C(=O)N(CCCO)C2=O. The fourth-order valence-electron chi connectivity index (χ4n) is 1.88. The highest BCUT2D eigenvalue weighted by Gasteiger charge is 2.36. The van der Waals surface area contributed by atoms with E-state index < -0.39 is 5.91 Å². The zero-order valence-corrected chi connectivity index (χ0v) is 10.0. The molecular formula is C12H14N2O4. The van der Waals surface area contributed by atoms with E-state index in [1.807, 2.05) is 0 Å². The van der Waals surface area contributed by atoms with Gasteiger partial charge < -0.3 is 9.84 Å². The molecule has 2 amide bonds. The molecule has 1 N–H and O–H groups in total. The van der Waals surface area contributed by atoms with E-state index in [4.69, 9.17) is 9.84 Å². The van der Waals surface area contributed by atoms with Crippen LogP contribution in [0.3, 0.4) is 0 Å². The van der Waals surface area contributed by atoms with Gasteiger partial charge in [-0.3, -0.25) is 14.5 Å². The van der Waals surface area contributed by atoms with Crippen LogP contribution in [0.2, 0.25) is 0 Å². The summed E-state index contributed by atoms with van der Waals surface area (Å²) in [5.74, 6) is -0.749. The highest BCUT2D eigenvalue weighted by atomic mass is 16.5. The average Bonchev–Trinajstić information content (AvgIpc) is 2.60. The maximum atomic E-state index is 12.0. The number of aromatic nitrogens is 1. The predicted octanol–water partition coefficient (Wildman–Crippen LogP) is 0.206. The van der Waals surface area contributed by atoms with Crippen molar-refractivity contribution in [2.24, 2.45) is 0 Å². The Labute approximate surface area is 104 Å². The molecule has 2 rings (SSSR count). The minimum absolute atomic E-state index is 0.0598. The third-order valence-corrected chi connectivity index (χ3v) is 2.72. The average molecular weight is 250 g/mol. The lowest BCUT2D eigenvalue weighted by atomic mass is 10.1. The number of hydrogen-bond acceptors (Lipinski definition) is 5. The Hall–Kier alpha value is -1.79. The summed E-state index contributed by atoms with van der Waals surface area (Å²) in [5.41, 5.74) is 1.24. The number of hydrogen-bond donors (Lipinski definition) is 1. The second kappa shape index (κ2) is 5.24. The summed E-state index contributed by atoms with van der Waals surface area (Å²) in [4.78, 5) is 29.1. The number of amides is 2. The van der Waals surface area contributed by atoms with Crippen LogP contribution in [0.4, 0.5) is 0 Å². The summed E-state index contributed by atoms with van der Waals surface area (Å²) in [7, 11) is 1.55. The second-order valence-electron chi connectivity index (χ2n) is 4.01. The Bertz CT molecular complexity index is 487. The van der Waals surface area contributed by atoms with E-state index in [9.17, 15) is 9.59 Å². The molecule has 0 aliphatic carbocycles. The molecule has 1 aromatic rings. The first-order chi connectivity index (χ1) is 8.69. The number of rotatable bonds is 5. The van der Waals surface area contributed by atoms with Crippen molar-refractivity contribution in [3.8, 4) is 0 Å². The number of nitrogens with zero attached hydrogens (tertiary/aromatic N) is 2. The largest absolute Gasteiger partial charge is 0.396 e. The molecule has 6 nitrogen and oxygen atoms in total. The van der Waals surface area contributed by atoms with Crippen molar-refractivity contribution in [3.63, 3.8) is 0 Å². The van der Waals surface area contributed by atoms with E-state index in [0.717, 1.165) is 10.5 Å². The van der Waals surface area contributed by atoms with Gasteiger partial charge in [-0.1, -0.05) is 0 Å². The van der Waals surface area contributed by atoms with Gasteiger partial charge in [0.15, 0.2) is 0 Å². The highest BCUT2D eigenvalue weighted by Crippen LogP contribution is 2.22. The van der Waals surface area contributed by atoms with Crippen LogP contribution in [0.25, 0.3) is 0 Å². The Morgan fingerprint density at radius 1 is 1.39 bits per heavy atom. The lowest BCUT2D eigenvalue weighted by Gasteiger charge is -2.11. The van der Waals surface area contributed by atoms with Crippen LogP contribution in [0.15, 0.2) is 12.3 Å². The van der Waals surface area contributed by atoms with Crippen LogP contribution in [-0.2, 0) is 11.3 Å². The maximum absolute atomic E-state index is 12.0. The molecule has 1 aromatic heterocycles. The minimum Gasteiger partial charge on any atom is -0.396 e. The van der Waals surface area contributed by atoms with Crippen LogP contribution in [0.5, 0.6) is 0 Å². The van der Waals surface area contributed by atoms with E-state index in [-0.39, 0.29) is 24.8 Å². The van der Waals surface area contributed by atoms with Crippen molar-refractivity contribution in [2.45, 2.75) is 13.0 Å². The summed E-state index contributed by atoms with van der Waals surface area (Å²) < 4.78 is 4.96. The molecule has 0 saturated carbocycles. The Balaban J connectivity index is 2.27. The molecule has 1 aliphatic heterocycles. The summed E-state index contributed by atoms with van der Waals surface area (Å²) in [5, 5.41) is 8.75. The van der Waals surface area contributed by atoms with E-state index >= 15 is 0 Å². The number of aliphatic hydroxyl groups excluding tert-OH is 1. The van der Waals surface area contributed by atoms with Gasteiger partial charge in [0.25, 0.3) is 11.8 Å². The van der Waals surface area contributed by atoms with E-state index in [0.29, 0.717) is 18.6 Å². The van der Waals surface area contributed by atoms with Gasteiger partial charge >= 0.3 is 0 Å². The summed E-state index contributed by atoms with van der Waals surface area (Å²) >= 11 is 0. The summed E-state index contributed by atoms with van der Waals surface area (Å²) in [6, 6.07) is 1.63. The van der Waals surface area contributed by atoms with Gasteiger partial charge in [0.2, 0.25) is 0 Å². The zero-order valence-electron chi connectivity index (χ0n) is 10.0. The number of imide groups is 1. The summed E-state index contributed by atoms with van der Waals surface area (Å²) in [6.45, 7) is 0.498. The van der Waals surface area contributed by atoms with Crippen molar-refractivity contribution >= 4 is 11.8 Å². The topological polar surface area (TPSA) is 79.7 Å². The van der Waals surface area contributed by atoms with Gasteiger partial charge in [-0.25, -0.2) is 4.98 Å². The number of fused-ring (bicyclic) bond motifs is 1. The quantitative estimate of drug-likeness (QED) is 0.755. The van der Waals surface area contributed by atoms with Crippen LogP contribution in [0, 0.1) is 0 Å².